The van der Waals surface area contributed by atoms with Crippen LogP contribution in [-0.2, 0) is 14.3 Å². The van der Waals surface area contributed by atoms with Gasteiger partial charge in [-0.05, 0) is 44.2 Å². The Labute approximate surface area is 196 Å². The number of nitro benzene ring substituents is 1. The summed E-state index contributed by atoms with van der Waals surface area (Å²) in [6.07, 6.45) is 0. The van der Waals surface area contributed by atoms with Crippen molar-refractivity contribution in [3.8, 4) is 0 Å². The van der Waals surface area contributed by atoms with Crippen molar-refractivity contribution in [3.63, 3.8) is 0 Å². The molecule has 0 saturated heterocycles. The zero-order valence-corrected chi connectivity index (χ0v) is 19.0. The Morgan fingerprint density at radius 1 is 1.12 bits per heavy atom. The number of likely N-dealkylation sites (N-methyl/N-ethyl adjacent to an activating group) is 1. The van der Waals surface area contributed by atoms with Gasteiger partial charge < -0.3 is 19.5 Å². The van der Waals surface area contributed by atoms with Gasteiger partial charge in [0, 0.05) is 29.9 Å². The van der Waals surface area contributed by atoms with Crippen LogP contribution in [-0.4, -0.2) is 54.9 Å². The number of hydrogen-bond donors (Lipinski definition) is 1. The highest BCUT2D eigenvalue weighted by Gasteiger charge is 2.18. The number of carbonyl (C=O) groups is 2. The van der Waals surface area contributed by atoms with Gasteiger partial charge in [-0.1, -0.05) is 6.58 Å². The first-order chi connectivity index (χ1) is 16.3. The average Bonchev–Trinajstić information content (AvgIpc) is 2.83. The quantitative estimate of drug-likeness (QED) is 0.160. The van der Waals surface area contributed by atoms with Gasteiger partial charge in [0.05, 0.1) is 29.3 Å². The molecule has 2 aromatic carbocycles. The van der Waals surface area contributed by atoms with Crippen molar-refractivity contribution in [2.24, 2.45) is 10.2 Å². The Kier molecular flexibility index (Phi) is 9.84. The van der Waals surface area contributed by atoms with Crippen molar-refractivity contribution in [3.05, 3.63) is 70.3 Å². The molecule has 0 saturated carbocycles. The minimum absolute atomic E-state index is 0.0899. The minimum Gasteiger partial charge on any atom is -0.460 e. The summed E-state index contributed by atoms with van der Waals surface area (Å²) in [6, 6.07) is 10.6. The molecule has 2 aromatic rings. The van der Waals surface area contributed by atoms with Gasteiger partial charge in [0.15, 0.2) is 0 Å². The summed E-state index contributed by atoms with van der Waals surface area (Å²) in [5.74, 6) is -1.29. The van der Waals surface area contributed by atoms with E-state index in [4.69, 9.17) is 14.6 Å². The fraction of sp³-hybridized carbons (Fsp3) is 0.304. The van der Waals surface area contributed by atoms with Crippen molar-refractivity contribution in [1.82, 2.24) is 0 Å². The first-order valence-electron chi connectivity index (χ1n) is 10.4. The maximum absolute atomic E-state index is 12.2. The predicted molar refractivity (Wildman–Crippen MR) is 125 cm³/mol. The van der Waals surface area contributed by atoms with Crippen LogP contribution in [0.25, 0.3) is 0 Å². The number of rotatable bonds is 12. The molecule has 0 aliphatic heterocycles. The van der Waals surface area contributed by atoms with Gasteiger partial charge in [0.2, 0.25) is 0 Å². The van der Waals surface area contributed by atoms with Gasteiger partial charge in [0.1, 0.15) is 18.9 Å². The topological polar surface area (TPSA) is 144 Å². The summed E-state index contributed by atoms with van der Waals surface area (Å²) in [4.78, 5) is 36.2. The number of aliphatic hydroxyl groups excluding tert-OH is 1. The maximum atomic E-state index is 12.2. The van der Waals surface area contributed by atoms with E-state index in [0.29, 0.717) is 24.4 Å². The number of anilines is 1. The second-order valence-corrected chi connectivity index (χ2v) is 7.03. The normalized spacial score (nSPS) is 10.7. The molecule has 11 nitrogen and oxygen atoms in total. The van der Waals surface area contributed by atoms with Crippen LogP contribution in [0.2, 0.25) is 0 Å². The fourth-order valence-corrected chi connectivity index (χ4v) is 2.79. The molecule has 0 unspecified atom stereocenters. The van der Waals surface area contributed by atoms with E-state index in [1.165, 1.54) is 12.1 Å². The third-order valence-corrected chi connectivity index (χ3v) is 4.55. The lowest BCUT2D eigenvalue weighted by Crippen LogP contribution is -2.28. The van der Waals surface area contributed by atoms with Crippen LogP contribution in [0.15, 0.2) is 64.8 Å². The van der Waals surface area contributed by atoms with Crippen LogP contribution >= 0.6 is 0 Å². The number of hydrogen-bond acceptors (Lipinski definition) is 10. The summed E-state index contributed by atoms with van der Waals surface area (Å²) in [7, 11) is 0. The third kappa shape index (κ3) is 7.48. The monoisotopic (exact) mass is 470 g/mol. The zero-order chi connectivity index (χ0) is 25.1. The van der Waals surface area contributed by atoms with E-state index in [1.807, 2.05) is 24.0 Å². The highest BCUT2D eigenvalue weighted by atomic mass is 16.6. The van der Waals surface area contributed by atoms with Crippen LogP contribution < -0.4 is 4.90 Å². The van der Waals surface area contributed by atoms with Gasteiger partial charge >= 0.3 is 11.9 Å². The molecule has 0 heterocycles. The molecule has 0 atom stereocenters. The summed E-state index contributed by atoms with van der Waals surface area (Å²) < 4.78 is 10.0. The number of nitro groups is 1. The zero-order valence-electron chi connectivity index (χ0n) is 19.0. The number of aliphatic hydroxyl groups is 1. The van der Waals surface area contributed by atoms with Crippen molar-refractivity contribution in [2.75, 3.05) is 37.8 Å². The lowest BCUT2D eigenvalue weighted by Gasteiger charge is -2.22. The molecule has 0 bridgehead atoms. The highest BCUT2D eigenvalue weighted by molar-refractivity contribution is 5.95. The Bertz CT molecular complexity index is 1070. The summed E-state index contributed by atoms with van der Waals surface area (Å²) in [5, 5.41) is 28.0. The number of azo groups is 1. The fourth-order valence-electron chi connectivity index (χ4n) is 2.79. The number of carbonyl (C=O) groups excluding carboxylic acids is 2. The third-order valence-electron chi connectivity index (χ3n) is 4.55. The number of nitrogens with zero attached hydrogens (tertiary/aromatic N) is 4. The molecule has 0 aliphatic carbocycles. The molecule has 34 heavy (non-hydrogen) atoms. The number of benzene rings is 2. The average molecular weight is 470 g/mol. The van der Waals surface area contributed by atoms with E-state index in [1.54, 1.807) is 19.1 Å². The molecular weight excluding hydrogens is 444 g/mol. The maximum Gasteiger partial charge on any atom is 0.340 e. The lowest BCUT2D eigenvalue weighted by atomic mass is 10.1. The van der Waals surface area contributed by atoms with E-state index in [0.717, 1.165) is 11.8 Å². The second-order valence-electron chi connectivity index (χ2n) is 7.03. The Balaban J connectivity index is 2.14. The number of non-ortho nitro benzene ring substituents is 1. The highest BCUT2D eigenvalue weighted by Crippen LogP contribution is 2.28. The van der Waals surface area contributed by atoms with E-state index in [-0.39, 0.29) is 36.8 Å². The molecule has 0 amide bonds. The SMILES string of the molecule is C=C(C)C(=O)OCCN(CC)c1ccc(N=Nc2ccc([N+](=O)[O-])cc2C(=O)OCCO)cc1. The first kappa shape index (κ1) is 26.1. The van der Waals surface area contributed by atoms with Crippen molar-refractivity contribution >= 4 is 34.7 Å². The Morgan fingerprint density at radius 3 is 2.41 bits per heavy atom. The van der Waals surface area contributed by atoms with Gasteiger partial charge in [-0.3, -0.25) is 10.1 Å². The van der Waals surface area contributed by atoms with Crippen molar-refractivity contribution in [2.45, 2.75) is 13.8 Å². The van der Waals surface area contributed by atoms with Crippen LogP contribution in [0, 0.1) is 10.1 Å². The van der Waals surface area contributed by atoms with E-state index in [2.05, 4.69) is 16.8 Å². The van der Waals surface area contributed by atoms with E-state index >= 15 is 0 Å². The molecule has 0 fully saturated rings. The largest absolute Gasteiger partial charge is 0.460 e. The number of esters is 2. The van der Waals surface area contributed by atoms with Gasteiger partial charge in [-0.25, -0.2) is 9.59 Å². The van der Waals surface area contributed by atoms with Crippen molar-refractivity contribution < 1.29 is 29.1 Å². The molecule has 0 radical (unpaired) electrons. The standard InChI is InChI=1S/C23H26N4O7/c1-4-26(11-13-33-22(29)16(2)3)18-7-5-17(6-8-18)24-25-21-10-9-19(27(31)32)15-20(21)23(30)34-14-12-28/h5-10,15,28H,2,4,11-14H2,1,3H3. The molecule has 180 valence electrons. The van der Waals surface area contributed by atoms with Gasteiger partial charge in [-0.15, -0.1) is 5.11 Å². The van der Waals surface area contributed by atoms with Gasteiger partial charge in [0.25, 0.3) is 5.69 Å². The van der Waals surface area contributed by atoms with E-state index in [9.17, 15) is 19.7 Å². The second kappa shape index (κ2) is 12.8. The summed E-state index contributed by atoms with van der Waals surface area (Å²) in [6.45, 7) is 7.88. The van der Waals surface area contributed by atoms with Crippen LogP contribution in [0.1, 0.15) is 24.2 Å². The van der Waals surface area contributed by atoms with Gasteiger partial charge in [-0.2, -0.15) is 5.11 Å². The number of ether oxygens (including phenoxy) is 2. The molecule has 1 N–H and O–H groups in total. The molecule has 2 rings (SSSR count). The van der Waals surface area contributed by atoms with Crippen molar-refractivity contribution in [1.29, 1.82) is 0 Å². The van der Waals surface area contributed by atoms with Crippen LogP contribution in [0.3, 0.4) is 0 Å². The van der Waals surface area contributed by atoms with Crippen LogP contribution in [0.4, 0.5) is 22.7 Å². The lowest BCUT2D eigenvalue weighted by molar-refractivity contribution is -0.384. The minimum atomic E-state index is -0.854. The van der Waals surface area contributed by atoms with Crippen LogP contribution in [0.5, 0.6) is 0 Å². The Morgan fingerprint density at radius 2 is 1.82 bits per heavy atom. The predicted octanol–water partition coefficient (Wildman–Crippen LogP) is 4.10. The first-order valence-corrected chi connectivity index (χ1v) is 10.4. The molecule has 11 heteroatoms. The molecule has 0 aromatic heterocycles. The summed E-state index contributed by atoms with van der Waals surface area (Å²) >= 11 is 0. The Hall–Kier alpha value is -4.12. The molecular formula is C23H26N4O7. The van der Waals surface area contributed by atoms with E-state index < -0.39 is 16.9 Å². The molecule has 0 spiro atoms. The summed E-state index contributed by atoms with van der Waals surface area (Å²) in [5.41, 5.74) is 1.37. The smallest absolute Gasteiger partial charge is 0.340 e. The molecule has 0 aliphatic rings.